The summed E-state index contributed by atoms with van der Waals surface area (Å²) in [6, 6.07) is 5.43. The summed E-state index contributed by atoms with van der Waals surface area (Å²) in [6.45, 7) is 1.10. The summed E-state index contributed by atoms with van der Waals surface area (Å²) in [5.41, 5.74) is 1.59. The highest BCUT2D eigenvalue weighted by Crippen LogP contribution is 2.19. The molecule has 0 fully saturated rings. The van der Waals surface area contributed by atoms with E-state index in [2.05, 4.69) is 26.0 Å². The molecular formula is C11H12BrNO4. The van der Waals surface area contributed by atoms with E-state index in [1.807, 2.05) is 13.0 Å². The molecule has 6 heteroatoms. The molecule has 0 unspecified atom stereocenters. The van der Waals surface area contributed by atoms with E-state index < -0.39 is 12.6 Å². The first-order valence-corrected chi connectivity index (χ1v) is 5.64. The minimum absolute atomic E-state index is 0.276. The van der Waals surface area contributed by atoms with Crippen molar-refractivity contribution in [2.75, 3.05) is 18.5 Å². The van der Waals surface area contributed by atoms with Crippen LogP contribution in [0.15, 0.2) is 22.7 Å². The van der Waals surface area contributed by atoms with Gasteiger partial charge in [-0.15, -0.1) is 0 Å². The largest absolute Gasteiger partial charge is 0.480 e. The molecule has 5 nitrogen and oxygen atoms in total. The summed E-state index contributed by atoms with van der Waals surface area (Å²) in [7, 11) is 0. The maximum atomic E-state index is 11.4. The topological polar surface area (TPSA) is 75.6 Å². The number of carbonyl (C=O) groups excluding carboxylic acids is 1. The predicted octanol–water partition coefficient (Wildman–Crippen LogP) is 1.80. The average molecular weight is 302 g/mol. The number of carboxylic acid groups (broad SMARTS) is 1. The molecule has 0 aliphatic heterocycles. The number of carboxylic acids is 1. The van der Waals surface area contributed by atoms with Crippen molar-refractivity contribution >= 4 is 33.5 Å². The average Bonchev–Trinajstić information content (AvgIpc) is 2.21. The standard InChI is InChI=1S/C11H12BrNO4/c1-7-4-8(12)2-3-9(7)13-10(14)5-17-6-11(15)16/h2-4H,5-6H2,1H3,(H,13,14)(H,15,16). The Labute approximate surface area is 107 Å². The Balaban J connectivity index is 2.48. The lowest BCUT2D eigenvalue weighted by molar-refractivity contribution is -0.143. The summed E-state index contributed by atoms with van der Waals surface area (Å²) in [5.74, 6) is -1.48. The van der Waals surface area contributed by atoms with Crippen molar-refractivity contribution in [1.82, 2.24) is 0 Å². The van der Waals surface area contributed by atoms with Crippen LogP contribution in [-0.2, 0) is 14.3 Å². The van der Waals surface area contributed by atoms with Crippen LogP contribution in [0.5, 0.6) is 0 Å². The number of anilines is 1. The molecule has 0 saturated heterocycles. The molecule has 0 heterocycles. The molecule has 1 aromatic carbocycles. The Kier molecular flexibility index (Phi) is 5.11. The van der Waals surface area contributed by atoms with E-state index in [0.29, 0.717) is 5.69 Å². The third kappa shape index (κ3) is 4.97. The monoisotopic (exact) mass is 301 g/mol. The number of halogens is 1. The van der Waals surface area contributed by atoms with Gasteiger partial charge in [-0.3, -0.25) is 4.79 Å². The van der Waals surface area contributed by atoms with Gasteiger partial charge in [-0.25, -0.2) is 4.79 Å². The molecule has 0 radical (unpaired) electrons. The van der Waals surface area contributed by atoms with E-state index in [-0.39, 0.29) is 12.5 Å². The van der Waals surface area contributed by atoms with Crippen LogP contribution in [-0.4, -0.2) is 30.2 Å². The number of hydrogen-bond donors (Lipinski definition) is 2. The second-order valence-corrected chi connectivity index (χ2v) is 4.31. The molecule has 0 saturated carbocycles. The van der Waals surface area contributed by atoms with Crippen LogP contribution in [0, 0.1) is 6.92 Å². The van der Waals surface area contributed by atoms with Gasteiger partial charge in [0.1, 0.15) is 13.2 Å². The van der Waals surface area contributed by atoms with Gasteiger partial charge in [0, 0.05) is 10.2 Å². The van der Waals surface area contributed by atoms with Crippen LogP contribution >= 0.6 is 15.9 Å². The molecule has 0 aliphatic rings. The molecule has 0 atom stereocenters. The lowest BCUT2D eigenvalue weighted by atomic mass is 10.2. The van der Waals surface area contributed by atoms with Crippen LogP contribution in [0.3, 0.4) is 0 Å². The maximum Gasteiger partial charge on any atom is 0.329 e. The Hall–Kier alpha value is -1.40. The Morgan fingerprint density at radius 2 is 2.12 bits per heavy atom. The minimum atomic E-state index is -1.10. The van der Waals surface area contributed by atoms with Crippen LogP contribution in [0.25, 0.3) is 0 Å². The van der Waals surface area contributed by atoms with Crippen molar-refractivity contribution < 1.29 is 19.4 Å². The van der Waals surface area contributed by atoms with Gasteiger partial charge in [0.25, 0.3) is 0 Å². The van der Waals surface area contributed by atoms with Gasteiger partial charge in [-0.1, -0.05) is 15.9 Å². The van der Waals surface area contributed by atoms with Crippen molar-refractivity contribution in [1.29, 1.82) is 0 Å². The SMILES string of the molecule is Cc1cc(Br)ccc1NC(=O)COCC(=O)O. The first-order chi connectivity index (χ1) is 7.99. The smallest absolute Gasteiger partial charge is 0.329 e. The van der Waals surface area contributed by atoms with Crippen molar-refractivity contribution in [3.8, 4) is 0 Å². The zero-order valence-electron chi connectivity index (χ0n) is 9.20. The number of benzene rings is 1. The summed E-state index contributed by atoms with van der Waals surface area (Å²) in [6.07, 6.45) is 0. The van der Waals surface area contributed by atoms with E-state index in [9.17, 15) is 9.59 Å². The second kappa shape index (κ2) is 6.36. The first kappa shape index (κ1) is 13.7. The number of ether oxygens (including phenoxy) is 1. The third-order valence-corrected chi connectivity index (χ3v) is 2.41. The molecule has 0 spiro atoms. The summed E-state index contributed by atoms with van der Waals surface area (Å²) >= 11 is 3.32. The minimum Gasteiger partial charge on any atom is -0.480 e. The van der Waals surface area contributed by atoms with Gasteiger partial charge in [0.2, 0.25) is 5.91 Å². The lowest BCUT2D eigenvalue weighted by Gasteiger charge is -2.08. The number of nitrogens with one attached hydrogen (secondary N) is 1. The highest BCUT2D eigenvalue weighted by Gasteiger charge is 2.06. The van der Waals surface area contributed by atoms with Gasteiger partial charge in [0.05, 0.1) is 0 Å². The van der Waals surface area contributed by atoms with Crippen molar-refractivity contribution in [3.05, 3.63) is 28.2 Å². The molecule has 2 N–H and O–H groups in total. The summed E-state index contributed by atoms with van der Waals surface area (Å²) in [5, 5.41) is 11.0. The van der Waals surface area contributed by atoms with E-state index in [0.717, 1.165) is 10.0 Å². The zero-order valence-corrected chi connectivity index (χ0v) is 10.8. The van der Waals surface area contributed by atoms with Crippen LogP contribution in [0.4, 0.5) is 5.69 Å². The van der Waals surface area contributed by atoms with Gasteiger partial charge < -0.3 is 15.2 Å². The first-order valence-electron chi connectivity index (χ1n) is 4.84. The number of aliphatic carboxylic acids is 1. The van der Waals surface area contributed by atoms with Gasteiger partial charge in [-0.2, -0.15) is 0 Å². The van der Waals surface area contributed by atoms with Crippen LogP contribution in [0.1, 0.15) is 5.56 Å². The second-order valence-electron chi connectivity index (χ2n) is 3.39. The van der Waals surface area contributed by atoms with E-state index in [1.165, 1.54) is 0 Å². The molecule has 1 rings (SSSR count). The third-order valence-electron chi connectivity index (χ3n) is 1.92. The van der Waals surface area contributed by atoms with Gasteiger partial charge in [0.15, 0.2) is 0 Å². The lowest BCUT2D eigenvalue weighted by Crippen LogP contribution is -2.21. The van der Waals surface area contributed by atoms with Crippen LogP contribution < -0.4 is 5.32 Å². The molecular weight excluding hydrogens is 290 g/mol. The molecule has 92 valence electrons. The molecule has 0 aliphatic carbocycles. The maximum absolute atomic E-state index is 11.4. The highest BCUT2D eigenvalue weighted by atomic mass is 79.9. The summed E-state index contributed by atoms with van der Waals surface area (Å²) < 4.78 is 5.60. The quantitative estimate of drug-likeness (QED) is 0.869. The number of aryl methyl sites for hydroxylation is 1. The zero-order chi connectivity index (χ0) is 12.8. The van der Waals surface area contributed by atoms with Crippen molar-refractivity contribution in [3.63, 3.8) is 0 Å². The summed E-state index contributed by atoms with van der Waals surface area (Å²) in [4.78, 5) is 21.6. The Bertz CT molecular complexity index is 433. The fourth-order valence-electron chi connectivity index (χ4n) is 1.18. The highest BCUT2D eigenvalue weighted by molar-refractivity contribution is 9.10. The fourth-order valence-corrected chi connectivity index (χ4v) is 1.66. The van der Waals surface area contributed by atoms with E-state index >= 15 is 0 Å². The normalized spacial score (nSPS) is 10.0. The number of rotatable bonds is 5. The van der Waals surface area contributed by atoms with E-state index in [4.69, 9.17) is 5.11 Å². The Morgan fingerprint density at radius 1 is 1.41 bits per heavy atom. The Morgan fingerprint density at radius 3 is 2.71 bits per heavy atom. The molecule has 0 aromatic heterocycles. The number of hydrogen-bond acceptors (Lipinski definition) is 3. The molecule has 1 amide bonds. The fraction of sp³-hybridized carbons (Fsp3) is 0.273. The predicted molar refractivity (Wildman–Crippen MR) is 66.0 cm³/mol. The molecule has 1 aromatic rings. The number of carbonyl (C=O) groups is 2. The van der Waals surface area contributed by atoms with Crippen molar-refractivity contribution in [2.45, 2.75) is 6.92 Å². The van der Waals surface area contributed by atoms with Gasteiger partial charge in [-0.05, 0) is 30.7 Å². The van der Waals surface area contributed by atoms with Crippen molar-refractivity contribution in [2.24, 2.45) is 0 Å². The molecule has 17 heavy (non-hydrogen) atoms. The van der Waals surface area contributed by atoms with Crippen LogP contribution in [0.2, 0.25) is 0 Å². The van der Waals surface area contributed by atoms with E-state index in [1.54, 1.807) is 12.1 Å². The number of amides is 1. The van der Waals surface area contributed by atoms with Gasteiger partial charge >= 0.3 is 5.97 Å². The molecule has 0 bridgehead atoms.